The first-order valence-corrected chi connectivity index (χ1v) is 4.46. The topological polar surface area (TPSA) is 17.1 Å². The molecule has 0 N–H and O–H groups in total. The lowest BCUT2D eigenvalue weighted by atomic mass is 10.0. The highest BCUT2D eigenvalue weighted by Crippen LogP contribution is 2.15. The summed E-state index contributed by atoms with van der Waals surface area (Å²) in [5.41, 5.74) is 2.38. The maximum Gasteiger partial charge on any atom is 0.142 e. The normalized spacial score (nSPS) is 11.0. The minimum Gasteiger partial charge on any atom is -0.299 e. The molecule has 0 amide bonds. The molecule has 0 aliphatic rings. The quantitative estimate of drug-likeness (QED) is 0.508. The van der Waals surface area contributed by atoms with Crippen LogP contribution in [0.15, 0.2) is 30.3 Å². The molecule has 0 saturated carbocycles. The molecule has 1 nitrogen and oxygen atoms in total. The molecule has 0 aromatic heterocycles. The van der Waals surface area contributed by atoms with Crippen LogP contribution < -0.4 is 0 Å². The van der Waals surface area contributed by atoms with E-state index in [1.54, 1.807) is 0 Å². The molecule has 0 atom stereocenters. The average Bonchev–Trinajstić information content (AvgIpc) is 2.15. The standard InChI is InChI=1S/C12H14O/c1-10(2)12-7-3-5-11(9-12)6-4-8-13/h3-10H,1-2H3/b6-4+. The Kier molecular flexibility index (Phi) is 3.44. The summed E-state index contributed by atoms with van der Waals surface area (Å²) in [7, 11) is 0. The van der Waals surface area contributed by atoms with Crippen molar-refractivity contribution in [2.75, 3.05) is 0 Å². The van der Waals surface area contributed by atoms with Gasteiger partial charge in [-0.05, 0) is 23.1 Å². The van der Waals surface area contributed by atoms with Crippen LogP contribution in [-0.4, -0.2) is 6.29 Å². The third-order valence-electron chi connectivity index (χ3n) is 1.94. The van der Waals surface area contributed by atoms with E-state index in [1.807, 2.05) is 18.2 Å². The molecule has 1 heteroatoms. The van der Waals surface area contributed by atoms with E-state index in [1.165, 1.54) is 11.6 Å². The van der Waals surface area contributed by atoms with Crippen LogP contribution in [0.2, 0.25) is 0 Å². The van der Waals surface area contributed by atoms with Crippen LogP contribution in [0.5, 0.6) is 0 Å². The number of carbonyl (C=O) groups is 1. The minimum atomic E-state index is 0.532. The van der Waals surface area contributed by atoms with Gasteiger partial charge in [-0.15, -0.1) is 0 Å². The Morgan fingerprint density at radius 1 is 1.31 bits per heavy atom. The van der Waals surface area contributed by atoms with Crippen molar-refractivity contribution in [1.29, 1.82) is 0 Å². The summed E-state index contributed by atoms with van der Waals surface area (Å²) < 4.78 is 0. The summed E-state index contributed by atoms with van der Waals surface area (Å²) in [4.78, 5) is 10.1. The van der Waals surface area contributed by atoms with Crippen LogP contribution in [0.3, 0.4) is 0 Å². The Labute approximate surface area is 79.1 Å². The zero-order valence-corrected chi connectivity index (χ0v) is 8.03. The van der Waals surface area contributed by atoms with Gasteiger partial charge in [0.15, 0.2) is 0 Å². The van der Waals surface area contributed by atoms with Gasteiger partial charge in [-0.25, -0.2) is 0 Å². The Balaban J connectivity index is 2.91. The summed E-state index contributed by atoms with van der Waals surface area (Å²) in [5, 5.41) is 0. The van der Waals surface area contributed by atoms with Gasteiger partial charge in [-0.3, -0.25) is 4.79 Å². The molecule has 0 spiro atoms. The van der Waals surface area contributed by atoms with Gasteiger partial charge in [0.25, 0.3) is 0 Å². The summed E-state index contributed by atoms with van der Waals surface area (Å²) in [6.07, 6.45) is 4.13. The molecule has 0 bridgehead atoms. The summed E-state index contributed by atoms with van der Waals surface area (Å²) >= 11 is 0. The second kappa shape index (κ2) is 4.61. The zero-order valence-electron chi connectivity index (χ0n) is 8.03. The van der Waals surface area contributed by atoms with Gasteiger partial charge in [0, 0.05) is 0 Å². The number of benzene rings is 1. The predicted octanol–water partition coefficient (Wildman–Crippen LogP) is 3.02. The summed E-state index contributed by atoms with van der Waals surface area (Å²) in [5.74, 6) is 0.532. The van der Waals surface area contributed by atoms with Crippen molar-refractivity contribution in [2.45, 2.75) is 19.8 Å². The van der Waals surface area contributed by atoms with Crippen molar-refractivity contribution >= 4 is 12.4 Å². The molecule has 13 heavy (non-hydrogen) atoms. The van der Waals surface area contributed by atoms with Gasteiger partial charge >= 0.3 is 0 Å². The monoisotopic (exact) mass is 174 g/mol. The van der Waals surface area contributed by atoms with E-state index in [-0.39, 0.29) is 0 Å². The van der Waals surface area contributed by atoms with Gasteiger partial charge in [0.05, 0.1) is 0 Å². The molecule has 0 heterocycles. The largest absolute Gasteiger partial charge is 0.299 e. The van der Waals surface area contributed by atoms with Crippen LogP contribution >= 0.6 is 0 Å². The zero-order chi connectivity index (χ0) is 9.68. The van der Waals surface area contributed by atoms with E-state index in [0.717, 1.165) is 11.8 Å². The number of aldehydes is 1. The van der Waals surface area contributed by atoms with Crippen molar-refractivity contribution in [3.05, 3.63) is 41.5 Å². The van der Waals surface area contributed by atoms with E-state index in [9.17, 15) is 4.79 Å². The molecule has 0 fully saturated rings. The average molecular weight is 174 g/mol. The Hall–Kier alpha value is -1.37. The second-order valence-corrected chi connectivity index (χ2v) is 3.32. The SMILES string of the molecule is CC(C)c1cccc(/C=C/C=O)c1. The van der Waals surface area contributed by atoms with Gasteiger partial charge in [-0.1, -0.05) is 44.2 Å². The first-order valence-electron chi connectivity index (χ1n) is 4.46. The molecule has 1 aromatic carbocycles. The third kappa shape index (κ3) is 2.86. The third-order valence-corrected chi connectivity index (χ3v) is 1.94. The van der Waals surface area contributed by atoms with Gasteiger partial charge in [-0.2, -0.15) is 0 Å². The maximum absolute atomic E-state index is 10.1. The molecule has 0 aliphatic heterocycles. The number of hydrogen-bond donors (Lipinski definition) is 0. The lowest BCUT2D eigenvalue weighted by molar-refractivity contribution is -0.104. The highest BCUT2D eigenvalue weighted by molar-refractivity contribution is 5.73. The van der Waals surface area contributed by atoms with E-state index < -0.39 is 0 Å². The highest BCUT2D eigenvalue weighted by Gasteiger charge is 1.97. The molecule has 0 aliphatic carbocycles. The van der Waals surface area contributed by atoms with Gasteiger partial charge < -0.3 is 0 Å². The van der Waals surface area contributed by atoms with Crippen LogP contribution in [0.4, 0.5) is 0 Å². The fourth-order valence-corrected chi connectivity index (χ4v) is 1.17. The fraction of sp³-hybridized carbons (Fsp3) is 0.250. The predicted molar refractivity (Wildman–Crippen MR) is 55.6 cm³/mol. The highest BCUT2D eigenvalue weighted by atomic mass is 16.1. The van der Waals surface area contributed by atoms with E-state index in [2.05, 4.69) is 26.0 Å². The number of carbonyl (C=O) groups excluding carboxylic acids is 1. The van der Waals surface area contributed by atoms with Crippen molar-refractivity contribution < 1.29 is 4.79 Å². The summed E-state index contributed by atoms with van der Waals surface area (Å²) in [6, 6.07) is 8.21. The van der Waals surface area contributed by atoms with Crippen molar-refractivity contribution in [1.82, 2.24) is 0 Å². The van der Waals surface area contributed by atoms with Crippen molar-refractivity contribution in [3.63, 3.8) is 0 Å². The second-order valence-electron chi connectivity index (χ2n) is 3.32. The fourth-order valence-electron chi connectivity index (χ4n) is 1.17. The first kappa shape index (κ1) is 9.72. The van der Waals surface area contributed by atoms with Gasteiger partial charge in [0.2, 0.25) is 0 Å². The van der Waals surface area contributed by atoms with Crippen LogP contribution in [-0.2, 0) is 4.79 Å². The van der Waals surface area contributed by atoms with E-state index >= 15 is 0 Å². The lowest BCUT2D eigenvalue weighted by Crippen LogP contribution is -1.86. The van der Waals surface area contributed by atoms with E-state index in [4.69, 9.17) is 0 Å². The molecule has 68 valence electrons. The Bertz CT molecular complexity index is 311. The minimum absolute atomic E-state index is 0.532. The van der Waals surface area contributed by atoms with Crippen molar-refractivity contribution in [2.24, 2.45) is 0 Å². The van der Waals surface area contributed by atoms with Gasteiger partial charge in [0.1, 0.15) is 6.29 Å². The lowest BCUT2D eigenvalue weighted by Gasteiger charge is -2.05. The maximum atomic E-state index is 10.1. The number of hydrogen-bond acceptors (Lipinski definition) is 1. The van der Waals surface area contributed by atoms with Crippen LogP contribution in [0.1, 0.15) is 30.9 Å². The molecule has 0 radical (unpaired) electrons. The Morgan fingerprint density at radius 2 is 2.08 bits per heavy atom. The molecule has 1 aromatic rings. The number of allylic oxidation sites excluding steroid dienone is 1. The van der Waals surface area contributed by atoms with Crippen LogP contribution in [0.25, 0.3) is 6.08 Å². The molecule has 1 rings (SSSR count). The molecular formula is C12H14O. The smallest absolute Gasteiger partial charge is 0.142 e. The molecule has 0 saturated heterocycles. The molecule has 0 unspecified atom stereocenters. The first-order chi connectivity index (χ1) is 6.24. The molecular weight excluding hydrogens is 160 g/mol. The van der Waals surface area contributed by atoms with Crippen molar-refractivity contribution in [3.8, 4) is 0 Å². The number of rotatable bonds is 3. The van der Waals surface area contributed by atoms with Crippen LogP contribution in [0, 0.1) is 0 Å². The summed E-state index contributed by atoms with van der Waals surface area (Å²) in [6.45, 7) is 4.31. The van der Waals surface area contributed by atoms with E-state index in [0.29, 0.717) is 5.92 Å². The Morgan fingerprint density at radius 3 is 2.69 bits per heavy atom.